The zero-order chi connectivity index (χ0) is 17.2. The molecule has 0 unspecified atom stereocenters. The van der Waals surface area contributed by atoms with Gasteiger partial charge in [-0.25, -0.2) is 9.25 Å². The van der Waals surface area contributed by atoms with Gasteiger partial charge in [0.05, 0.1) is 5.69 Å². The average Bonchev–Trinajstić information content (AvgIpc) is 3.08. The number of hydrogen-bond donors (Lipinski definition) is 0. The molecule has 8 heteroatoms. The highest BCUT2D eigenvalue weighted by Gasteiger charge is 2.20. The first-order valence-electron chi connectivity index (χ1n) is 8.01. The fourth-order valence-corrected chi connectivity index (χ4v) is 2.65. The number of aromatic nitrogens is 6. The topological polar surface area (TPSA) is 51.4 Å². The Morgan fingerprint density at radius 2 is 1.59 bits per heavy atom. The molecule has 138 valence electrons. The maximum absolute atomic E-state index is 4.77. The summed E-state index contributed by atoms with van der Waals surface area (Å²) in [6, 6.07) is 15.8. The van der Waals surface area contributed by atoms with Gasteiger partial charge in [-0.1, -0.05) is 6.07 Å². The van der Waals surface area contributed by atoms with Crippen LogP contribution in [0.5, 0.6) is 0 Å². The van der Waals surface area contributed by atoms with E-state index in [-0.39, 0.29) is 48.0 Å². The monoisotopic (exact) mass is 584 g/mol. The average molecular weight is 584 g/mol. The lowest BCUT2D eigenvalue weighted by atomic mass is 10.3. The first kappa shape index (κ1) is 21.4. The molecule has 0 aliphatic heterocycles. The highest BCUT2D eigenvalue weighted by atomic mass is 127. The van der Waals surface area contributed by atoms with E-state index in [4.69, 9.17) is 10.1 Å². The van der Waals surface area contributed by atoms with Crippen molar-refractivity contribution >= 4 is 0 Å². The normalized spacial score (nSPS) is 10.0. The van der Waals surface area contributed by atoms with Crippen molar-refractivity contribution in [3.63, 3.8) is 0 Å². The van der Waals surface area contributed by atoms with Gasteiger partial charge in [-0.15, -0.1) is 5.10 Å². The zero-order valence-electron chi connectivity index (χ0n) is 14.9. The third-order valence-corrected chi connectivity index (χ3v) is 3.99. The fraction of sp³-hybridized carbons (Fsp3) is 0.105. The van der Waals surface area contributed by atoms with Gasteiger partial charge in [-0.3, -0.25) is 4.98 Å². The van der Waals surface area contributed by atoms with E-state index in [9.17, 15) is 0 Å². The number of nitrogens with zero attached hydrogens (tertiary/aromatic N) is 6. The Kier molecular flexibility index (Phi) is 7.36. The second kappa shape index (κ2) is 9.31. The summed E-state index contributed by atoms with van der Waals surface area (Å²) in [5, 5.41) is 4.75. The predicted molar refractivity (Wildman–Crippen MR) is 92.4 cm³/mol. The van der Waals surface area contributed by atoms with Gasteiger partial charge in [0.25, 0.3) is 5.69 Å². The van der Waals surface area contributed by atoms with Gasteiger partial charge in [0, 0.05) is 30.5 Å². The Balaban J connectivity index is 0.00000131. The molecule has 0 saturated carbocycles. The van der Waals surface area contributed by atoms with Crippen LogP contribution in [0.4, 0.5) is 0 Å². The molecular weight excluding hydrogens is 566 g/mol. The number of halogens is 2. The van der Waals surface area contributed by atoms with Gasteiger partial charge in [0.2, 0.25) is 5.82 Å². The lowest BCUT2D eigenvalue weighted by molar-refractivity contribution is -0.671. The molecule has 0 aliphatic carbocycles. The second-order valence-corrected chi connectivity index (χ2v) is 5.80. The number of rotatable bonds is 3. The molecule has 4 aromatic rings. The predicted octanol–water partition coefficient (Wildman–Crippen LogP) is -4.35. The first-order chi connectivity index (χ1) is 12.2. The molecule has 0 saturated heterocycles. The van der Waals surface area contributed by atoms with Crippen molar-refractivity contribution < 1.29 is 57.1 Å². The summed E-state index contributed by atoms with van der Waals surface area (Å²) in [6.07, 6.45) is 7.73. The van der Waals surface area contributed by atoms with E-state index in [0.29, 0.717) is 11.6 Å². The quantitative estimate of drug-likeness (QED) is 0.181. The third kappa shape index (κ3) is 4.49. The van der Waals surface area contributed by atoms with E-state index in [1.807, 2.05) is 95.0 Å². The first-order valence-corrected chi connectivity index (χ1v) is 8.01. The summed E-state index contributed by atoms with van der Waals surface area (Å²) < 4.78 is 5.83. The van der Waals surface area contributed by atoms with Gasteiger partial charge in [-0.05, 0) is 18.2 Å². The minimum Gasteiger partial charge on any atom is -1.00 e. The molecule has 0 bridgehead atoms. The van der Waals surface area contributed by atoms with Crippen LogP contribution in [0.15, 0.2) is 73.3 Å². The van der Waals surface area contributed by atoms with Crippen molar-refractivity contribution in [1.29, 1.82) is 0 Å². The molecule has 0 radical (unpaired) electrons. The number of aryl methyl sites for hydroxylation is 2. The standard InChI is InChI=1S/C19H18N6.2HI/c1-23-13-9-15(10-14-23)25-19(16-7-3-5-11-20-16)21-18(22-25)17-8-4-6-12-24(17)2;;/h3-14H,1-2H3;2*1H/q+2;;/p-2. The van der Waals surface area contributed by atoms with Gasteiger partial charge in [0.15, 0.2) is 24.4 Å². The van der Waals surface area contributed by atoms with E-state index in [1.54, 1.807) is 6.20 Å². The lowest BCUT2D eigenvalue weighted by Gasteiger charge is -2.03. The van der Waals surface area contributed by atoms with Crippen molar-refractivity contribution in [1.82, 2.24) is 19.7 Å². The van der Waals surface area contributed by atoms with Crippen molar-refractivity contribution in [2.45, 2.75) is 0 Å². The van der Waals surface area contributed by atoms with Crippen LogP contribution in [0.2, 0.25) is 0 Å². The molecular formula is C19H18I2N6. The molecule has 4 heterocycles. The van der Waals surface area contributed by atoms with Crippen LogP contribution < -0.4 is 57.1 Å². The summed E-state index contributed by atoms with van der Waals surface area (Å²) in [6.45, 7) is 0. The number of hydrogen-bond acceptors (Lipinski definition) is 3. The Morgan fingerprint density at radius 1 is 0.852 bits per heavy atom. The fourth-order valence-electron chi connectivity index (χ4n) is 2.65. The van der Waals surface area contributed by atoms with Crippen LogP contribution in [0.1, 0.15) is 0 Å². The van der Waals surface area contributed by atoms with Crippen molar-refractivity contribution in [2.24, 2.45) is 14.1 Å². The third-order valence-electron chi connectivity index (χ3n) is 3.99. The van der Waals surface area contributed by atoms with E-state index in [0.717, 1.165) is 17.1 Å². The number of pyridine rings is 3. The largest absolute Gasteiger partial charge is 1.00 e. The molecule has 0 N–H and O–H groups in total. The summed E-state index contributed by atoms with van der Waals surface area (Å²) in [5.74, 6) is 1.38. The summed E-state index contributed by atoms with van der Waals surface area (Å²) in [7, 11) is 3.97. The second-order valence-electron chi connectivity index (χ2n) is 5.80. The van der Waals surface area contributed by atoms with Crippen LogP contribution in [0.25, 0.3) is 28.7 Å². The Morgan fingerprint density at radius 3 is 2.26 bits per heavy atom. The molecule has 6 nitrogen and oxygen atoms in total. The van der Waals surface area contributed by atoms with Crippen LogP contribution in [-0.4, -0.2) is 19.7 Å². The molecule has 4 rings (SSSR count). The van der Waals surface area contributed by atoms with Crippen LogP contribution in [0.3, 0.4) is 0 Å². The van der Waals surface area contributed by atoms with Crippen LogP contribution >= 0.6 is 0 Å². The molecule has 0 amide bonds. The van der Waals surface area contributed by atoms with Crippen molar-refractivity contribution in [3.05, 3.63) is 73.3 Å². The minimum absolute atomic E-state index is 0. The van der Waals surface area contributed by atoms with Gasteiger partial charge < -0.3 is 48.0 Å². The molecule has 0 aliphatic rings. The van der Waals surface area contributed by atoms with Gasteiger partial charge in [-0.2, -0.15) is 9.55 Å². The summed E-state index contributed by atoms with van der Waals surface area (Å²) >= 11 is 0. The summed E-state index contributed by atoms with van der Waals surface area (Å²) in [5.41, 5.74) is 2.67. The molecule has 27 heavy (non-hydrogen) atoms. The molecule has 4 aromatic heterocycles. The smallest absolute Gasteiger partial charge is 0.252 e. The SMILES string of the molecule is C[n+]1ccc(-n2nc(-c3cccc[n+]3C)nc2-c2ccccn2)cc1.[I-].[I-]. The highest BCUT2D eigenvalue weighted by molar-refractivity contribution is 5.57. The highest BCUT2D eigenvalue weighted by Crippen LogP contribution is 2.22. The Bertz CT molecular complexity index is 1020. The molecule has 0 spiro atoms. The summed E-state index contributed by atoms with van der Waals surface area (Å²) in [4.78, 5) is 9.22. The lowest BCUT2D eigenvalue weighted by Crippen LogP contribution is -3.00. The molecule has 0 atom stereocenters. The minimum atomic E-state index is 0. The molecule has 0 aromatic carbocycles. The maximum Gasteiger partial charge on any atom is 0.252 e. The van der Waals surface area contributed by atoms with Gasteiger partial charge in [0.1, 0.15) is 19.8 Å². The van der Waals surface area contributed by atoms with Crippen molar-refractivity contribution in [2.75, 3.05) is 0 Å². The molecule has 0 fully saturated rings. The van der Waals surface area contributed by atoms with E-state index in [1.165, 1.54) is 0 Å². The Labute approximate surface area is 192 Å². The van der Waals surface area contributed by atoms with Gasteiger partial charge >= 0.3 is 0 Å². The zero-order valence-corrected chi connectivity index (χ0v) is 19.2. The van der Waals surface area contributed by atoms with E-state index >= 15 is 0 Å². The van der Waals surface area contributed by atoms with E-state index < -0.39 is 0 Å². The van der Waals surface area contributed by atoms with Crippen LogP contribution in [0, 0.1) is 0 Å². The van der Waals surface area contributed by atoms with Crippen molar-refractivity contribution in [3.8, 4) is 28.7 Å². The Hall–Kier alpha value is -1.95. The maximum atomic E-state index is 4.77. The van der Waals surface area contributed by atoms with E-state index in [2.05, 4.69) is 4.98 Å². The van der Waals surface area contributed by atoms with Crippen LogP contribution in [-0.2, 0) is 14.1 Å².